The number of benzene rings is 1. The molecule has 0 atom stereocenters. The molecule has 1 rings (SSSR count). The van der Waals surface area contributed by atoms with Crippen molar-refractivity contribution < 1.29 is 9.53 Å². The predicted molar refractivity (Wildman–Crippen MR) is 64.8 cm³/mol. The van der Waals surface area contributed by atoms with Crippen molar-refractivity contribution in [2.45, 2.75) is 19.9 Å². The summed E-state index contributed by atoms with van der Waals surface area (Å²) in [5, 5.41) is 2.79. The number of hydrogen-bond donors (Lipinski definition) is 1. The van der Waals surface area contributed by atoms with Crippen LogP contribution in [0.4, 0.5) is 0 Å². The topological polar surface area (TPSA) is 38.3 Å². The third-order valence-corrected chi connectivity index (χ3v) is 2.23. The van der Waals surface area contributed by atoms with E-state index in [0.717, 1.165) is 11.3 Å². The summed E-state index contributed by atoms with van der Waals surface area (Å²) in [6.07, 6.45) is 0.360. The van der Waals surface area contributed by atoms with Gasteiger partial charge >= 0.3 is 0 Å². The predicted octanol–water partition coefficient (Wildman–Crippen LogP) is 2.33. The van der Waals surface area contributed by atoms with Crippen LogP contribution < -0.4 is 10.1 Å². The first-order chi connectivity index (χ1) is 7.76. The molecular formula is C12H16ClNO2. The van der Waals surface area contributed by atoms with Gasteiger partial charge in [-0.05, 0) is 24.6 Å². The van der Waals surface area contributed by atoms with E-state index in [1.54, 1.807) is 0 Å². The Morgan fingerprint density at radius 2 is 2.06 bits per heavy atom. The molecule has 1 aromatic rings. The maximum absolute atomic E-state index is 11.2. The summed E-state index contributed by atoms with van der Waals surface area (Å²) in [6.45, 7) is 3.13. The van der Waals surface area contributed by atoms with E-state index in [-0.39, 0.29) is 5.91 Å². The van der Waals surface area contributed by atoms with E-state index in [4.69, 9.17) is 16.3 Å². The standard InChI is InChI=1S/C12H16ClNO2/c1-2-16-11-5-3-10(4-6-11)9-14-12(15)7-8-13/h3-6H,2,7-9H2,1H3,(H,14,15). The summed E-state index contributed by atoms with van der Waals surface area (Å²) in [5.74, 6) is 1.18. The zero-order valence-corrected chi connectivity index (χ0v) is 10.1. The smallest absolute Gasteiger partial charge is 0.221 e. The van der Waals surface area contributed by atoms with Crippen LogP contribution in [0.3, 0.4) is 0 Å². The van der Waals surface area contributed by atoms with Crippen molar-refractivity contribution in [2.24, 2.45) is 0 Å². The van der Waals surface area contributed by atoms with Gasteiger partial charge in [0, 0.05) is 18.8 Å². The number of nitrogens with one attached hydrogen (secondary N) is 1. The minimum Gasteiger partial charge on any atom is -0.494 e. The number of hydrogen-bond acceptors (Lipinski definition) is 2. The first kappa shape index (κ1) is 12.8. The lowest BCUT2D eigenvalue weighted by atomic mass is 10.2. The van der Waals surface area contributed by atoms with Gasteiger partial charge in [-0.3, -0.25) is 4.79 Å². The highest BCUT2D eigenvalue weighted by Gasteiger charge is 2.00. The second-order valence-electron chi connectivity index (χ2n) is 3.29. The van der Waals surface area contributed by atoms with Crippen molar-refractivity contribution in [1.29, 1.82) is 0 Å². The largest absolute Gasteiger partial charge is 0.494 e. The molecule has 0 heterocycles. The van der Waals surface area contributed by atoms with E-state index in [9.17, 15) is 4.79 Å². The Bertz CT molecular complexity index is 324. The summed E-state index contributed by atoms with van der Waals surface area (Å²) in [4.78, 5) is 11.2. The van der Waals surface area contributed by atoms with Crippen LogP contribution in [0.5, 0.6) is 5.75 Å². The minimum absolute atomic E-state index is 0.0242. The Kier molecular flexibility index (Phi) is 5.72. The molecule has 0 aliphatic rings. The molecule has 0 aliphatic carbocycles. The summed E-state index contributed by atoms with van der Waals surface area (Å²) in [6, 6.07) is 7.66. The quantitative estimate of drug-likeness (QED) is 0.777. The van der Waals surface area contributed by atoms with E-state index in [1.807, 2.05) is 31.2 Å². The van der Waals surface area contributed by atoms with Gasteiger partial charge in [-0.25, -0.2) is 0 Å². The number of amides is 1. The number of rotatable bonds is 6. The third kappa shape index (κ3) is 4.53. The van der Waals surface area contributed by atoms with Gasteiger partial charge in [-0.1, -0.05) is 12.1 Å². The number of halogens is 1. The first-order valence-corrected chi connectivity index (χ1v) is 5.84. The lowest BCUT2D eigenvalue weighted by Gasteiger charge is -2.06. The van der Waals surface area contributed by atoms with Crippen LogP contribution in [0, 0.1) is 0 Å². The molecule has 1 N–H and O–H groups in total. The maximum atomic E-state index is 11.2. The number of carbonyl (C=O) groups is 1. The van der Waals surface area contributed by atoms with E-state index in [2.05, 4.69) is 5.32 Å². The van der Waals surface area contributed by atoms with Crippen LogP contribution in [-0.4, -0.2) is 18.4 Å². The molecule has 0 radical (unpaired) electrons. The second-order valence-corrected chi connectivity index (χ2v) is 3.67. The molecule has 0 fully saturated rings. The summed E-state index contributed by atoms with van der Waals surface area (Å²) >= 11 is 5.46. The molecule has 0 saturated heterocycles. The van der Waals surface area contributed by atoms with Gasteiger partial charge in [-0.15, -0.1) is 11.6 Å². The van der Waals surface area contributed by atoms with Gasteiger partial charge in [0.05, 0.1) is 6.61 Å². The van der Waals surface area contributed by atoms with Crippen molar-refractivity contribution in [3.05, 3.63) is 29.8 Å². The van der Waals surface area contributed by atoms with E-state index < -0.39 is 0 Å². The van der Waals surface area contributed by atoms with Crippen LogP contribution in [0.25, 0.3) is 0 Å². The second kappa shape index (κ2) is 7.12. The lowest BCUT2D eigenvalue weighted by Crippen LogP contribution is -2.22. The average molecular weight is 242 g/mol. The first-order valence-electron chi connectivity index (χ1n) is 5.30. The molecular weight excluding hydrogens is 226 g/mol. The zero-order valence-electron chi connectivity index (χ0n) is 9.33. The maximum Gasteiger partial charge on any atom is 0.221 e. The Hall–Kier alpha value is -1.22. The zero-order chi connectivity index (χ0) is 11.8. The summed E-state index contributed by atoms with van der Waals surface area (Å²) in [7, 11) is 0. The van der Waals surface area contributed by atoms with Crippen LogP contribution in [0.15, 0.2) is 24.3 Å². The SMILES string of the molecule is CCOc1ccc(CNC(=O)CCCl)cc1. The fourth-order valence-corrected chi connectivity index (χ4v) is 1.42. The minimum atomic E-state index is -0.0242. The van der Waals surface area contributed by atoms with Crippen molar-refractivity contribution in [3.63, 3.8) is 0 Å². The molecule has 0 bridgehead atoms. The van der Waals surface area contributed by atoms with Gasteiger partial charge in [-0.2, -0.15) is 0 Å². The van der Waals surface area contributed by atoms with Crippen LogP contribution in [0.1, 0.15) is 18.9 Å². The lowest BCUT2D eigenvalue weighted by molar-refractivity contribution is -0.120. The molecule has 3 nitrogen and oxygen atoms in total. The molecule has 0 spiro atoms. The highest BCUT2D eigenvalue weighted by molar-refractivity contribution is 6.18. The van der Waals surface area contributed by atoms with Crippen molar-refractivity contribution in [1.82, 2.24) is 5.32 Å². The van der Waals surface area contributed by atoms with Gasteiger partial charge in [0.1, 0.15) is 5.75 Å². The van der Waals surface area contributed by atoms with Gasteiger partial charge in [0.2, 0.25) is 5.91 Å². The highest BCUT2D eigenvalue weighted by Crippen LogP contribution is 2.11. The molecule has 0 unspecified atom stereocenters. The number of carbonyl (C=O) groups excluding carboxylic acids is 1. The molecule has 88 valence electrons. The Morgan fingerprint density at radius 3 is 2.62 bits per heavy atom. The molecule has 0 aliphatic heterocycles. The Balaban J connectivity index is 2.40. The van der Waals surface area contributed by atoms with E-state index >= 15 is 0 Å². The van der Waals surface area contributed by atoms with E-state index in [1.165, 1.54) is 0 Å². The van der Waals surface area contributed by atoms with Gasteiger partial charge < -0.3 is 10.1 Å². The number of alkyl halides is 1. The van der Waals surface area contributed by atoms with E-state index in [0.29, 0.717) is 25.5 Å². The van der Waals surface area contributed by atoms with Crippen LogP contribution in [0.2, 0.25) is 0 Å². The van der Waals surface area contributed by atoms with Gasteiger partial charge in [0.15, 0.2) is 0 Å². The van der Waals surface area contributed by atoms with Gasteiger partial charge in [0.25, 0.3) is 0 Å². The molecule has 4 heteroatoms. The van der Waals surface area contributed by atoms with Crippen LogP contribution in [-0.2, 0) is 11.3 Å². The molecule has 16 heavy (non-hydrogen) atoms. The number of ether oxygens (including phenoxy) is 1. The summed E-state index contributed by atoms with van der Waals surface area (Å²) in [5.41, 5.74) is 1.05. The average Bonchev–Trinajstić information content (AvgIpc) is 2.29. The molecule has 0 aromatic heterocycles. The monoisotopic (exact) mass is 241 g/mol. The summed E-state index contributed by atoms with van der Waals surface area (Å²) < 4.78 is 5.32. The normalized spacial score (nSPS) is 9.88. The fraction of sp³-hybridized carbons (Fsp3) is 0.417. The van der Waals surface area contributed by atoms with Crippen molar-refractivity contribution in [3.8, 4) is 5.75 Å². The third-order valence-electron chi connectivity index (χ3n) is 2.05. The molecule has 0 saturated carbocycles. The van der Waals surface area contributed by atoms with Crippen molar-refractivity contribution >= 4 is 17.5 Å². The highest BCUT2D eigenvalue weighted by atomic mass is 35.5. The fourth-order valence-electron chi connectivity index (χ4n) is 1.25. The van der Waals surface area contributed by atoms with Crippen LogP contribution >= 0.6 is 11.6 Å². The molecule has 1 amide bonds. The molecule has 1 aromatic carbocycles. The Labute approximate surface area is 101 Å². The van der Waals surface area contributed by atoms with Crippen molar-refractivity contribution in [2.75, 3.05) is 12.5 Å². The Morgan fingerprint density at radius 1 is 1.38 bits per heavy atom.